The van der Waals surface area contributed by atoms with Gasteiger partial charge >= 0.3 is 5.97 Å². The van der Waals surface area contributed by atoms with Gasteiger partial charge in [-0.2, -0.15) is 5.10 Å². The number of carboxylic acid groups (broad SMARTS) is 1. The molecule has 0 saturated heterocycles. The maximum absolute atomic E-state index is 11.5. The first-order chi connectivity index (χ1) is 6.43. The van der Waals surface area contributed by atoms with Gasteiger partial charge in [-0.1, -0.05) is 0 Å². The number of aliphatic carboxylic acids is 1. The topological polar surface area (TPSA) is 72.2 Å². The van der Waals surface area contributed by atoms with Crippen molar-refractivity contribution >= 4 is 5.97 Å². The lowest BCUT2D eigenvalue weighted by Crippen LogP contribution is -2.27. The van der Waals surface area contributed by atoms with E-state index in [0.717, 1.165) is 4.68 Å². The summed E-state index contributed by atoms with van der Waals surface area (Å²) in [7, 11) is 1.51. The van der Waals surface area contributed by atoms with E-state index in [-0.39, 0.29) is 11.1 Å². The minimum Gasteiger partial charge on any atom is -0.481 e. The number of hydrogen-bond acceptors (Lipinski definition) is 3. The normalized spacial score (nSPS) is 12.5. The van der Waals surface area contributed by atoms with Crippen molar-refractivity contribution in [1.29, 1.82) is 0 Å². The predicted octanol–water partition coefficient (Wildman–Crippen LogP) is 0.277. The molecule has 5 heteroatoms. The van der Waals surface area contributed by atoms with Crippen molar-refractivity contribution < 1.29 is 9.90 Å². The Morgan fingerprint density at radius 2 is 2.21 bits per heavy atom. The Kier molecular flexibility index (Phi) is 2.69. The monoisotopic (exact) mass is 196 g/mol. The third-order valence-corrected chi connectivity index (χ3v) is 2.05. The number of carbonyl (C=O) groups is 1. The Labute approximate surface area is 81.0 Å². The Bertz CT molecular complexity index is 423. The maximum Gasteiger partial charge on any atom is 0.310 e. The number of aromatic nitrogens is 2. The minimum absolute atomic E-state index is 0.271. The quantitative estimate of drug-likeness (QED) is 0.737. The first-order valence-corrected chi connectivity index (χ1v) is 4.21. The van der Waals surface area contributed by atoms with Gasteiger partial charge in [0.1, 0.15) is 0 Å². The van der Waals surface area contributed by atoms with E-state index in [4.69, 9.17) is 5.11 Å². The van der Waals surface area contributed by atoms with Gasteiger partial charge in [-0.15, -0.1) is 0 Å². The van der Waals surface area contributed by atoms with E-state index in [0.29, 0.717) is 5.69 Å². The van der Waals surface area contributed by atoms with Crippen molar-refractivity contribution in [3.8, 4) is 0 Å². The Morgan fingerprint density at radius 1 is 1.64 bits per heavy atom. The molecule has 1 atom stereocenters. The van der Waals surface area contributed by atoms with Crippen LogP contribution in [0.15, 0.2) is 10.9 Å². The lowest BCUT2D eigenvalue weighted by molar-refractivity contribution is -0.138. The molecule has 0 spiro atoms. The van der Waals surface area contributed by atoms with Gasteiger partial charge in [0.15, 0.2) is 0 Å². The largest absolute Gasteiger partial charge is 0.481 e. The second kappa shape index (κ2) is 3.61. The van der Waals surface area contributed by atoms with Crippen molar-refractivity contribution in [2.75, 3.05) is 0 Å². The molecule has 5 nitrogen and oxygen atoms in total. The molecule has 1 rings (SSSR count). The van der Waals surface area contributed by atoms with Crippen LogP contribution in [0.25, 0.3) is 0 Å². The van der Waals surface area contributed by atoms with Crippen LogP contribution >= 0.6 is 0 Å². The summed E-state index contributed by atoms with van der Waals surface area (Å²) in [5.74, 6) is -1.80. The number of aryl methyl sites for hydroxylation is 2. The lowest BCUT2D eigenvalue weighted by Gasteiger charge is -2.07. The van der Waals surface area contributed by atoms with E-state index in [2.05, 4.69) is 5.10 Å². The summed E-state index contributed by atoms with van der Waals surface area (Å²) in [6.07, 6.45) is 0. The predicted molar refractivity (Wildman–Crippen MR) is 50.3 cm³/mol. The standard InChI is InChI=1S/C9H12N2O3/c1-5-4-7(6(2)9(13)14)8(12)11(3)10-5/h4,6H,1-3H3,(H,13,14). The summed E-state index contributed by atoms with van der Waals surface area (Å²) in [6.45, 7) is 3.20. The third kappa shape index (κ3) is 1.81. The van der Waals surface area contributed by atoms with Gasteiger partial charge in [-0.25, -0.2) is 4.68 Å². The van der Waals surface area contributed by atoms with E-state index < -0.39 is 11.9 Å². The average Bonchev–Trinajstić information content (AvgIpc) is 2.09. The fraction of sp³-hybridized carbons (Fsp3) is 0.444. The highest BCUT2D eigenvalue weighted by molar-refractivity contribution is 5.75. The molecule has 1 unspecified atom stereocenters. The van der Waals surface area contributed by atoms with Crippen LogP contribution in [0.3, 0.4) is 0 Å². The van der Waals surface area contributed by atoms with E-state index in [1.165, 1.54) is 20.0 Å². The highest BCUT2D eigenvalue weighted by atomic mass is 16.4. The molecule has 0 saturated carbocycles. The second-order valence-corrected chi connectivity index (χ2v) is 3.23. The van der Waals surface area contributed by atoms with Crippen molar-refractivity contribution in [3.63, 3.8) is 0 Å². The molecule has 0 aliphatic rings. The van der Waals surface area contributed by atoms with E-state index >= 15 is 0 Å². The molecule has 1 heterocycles. The summed E-state index contributed by atoms with van der Waals surface area (Å²) < 4.78 is 1.16. The van der Waals surface area contributed by atoms with Crippen LogP contribution in [0.2, 0.25) is 0 Å². The molecule has 76 valence electrons. The molecule has 0 amide bonds. The van der Waals surface area contributed by atoms with Crippen molar-refractivity contribution in [2.45, 2.75) is 19.8 Å². The molecular formula is C9H12N2O3. The number of rotatable bonds is 2. The highest BCUT2D eigenvalue weighted by Crippen LogP contribution is 2.10. The van der Waals surface area contributed by atoms with Crippen LogP contribution < -0.4 is 5.56 Å². The van der Waals surface area contributed by atoms with Crippen LogP contribution in [-0.2, 0) is 11.8 Å². The summed E-state index contributed by atoms with van der Waals surface area (Å²) in [5, 5.41) is 12.7. The van der Waals surface area contributed by atoms with Gasteiger partial charge in [0.2, 0.25) is 0 Å². The summed E-state index contributed by atoms with van der Waals surface area (Å²) in [6, 6.07) is 1.52. The van der Waals surface area contributed by atoms with E-state index in [1.54, 1.807) is 6.92 Å². The molecule has 0 radical (unpaired) electrons. The Balaban J connectivity index is 3.34. The zero-order valence-corrected chi connectivity index (χ0v) is 8.31. The van der Waals surface area contributed by atoms with Crippen LogP contribution in [0.1, 0.15) is 24.1 Å². The molecule has 0 aromatic carbocycles. The van der Waals surface area contributed by atoms with Crippen LogP contribution in [0, 0.1) is 6.92 Å². The summed E-state index contributed by atoms with van der Waals surface area (Å²) in [5.41, 5.74) is 0.549. The van der Waals surface area contributed by atoms with Gasteiger partial charge in [0, 0.05) is 12.6 Å². The molecule has 0 fully saturated rings. The van der Waals surface area contributed by atoms with Crippen molar-refractivity contribution in [1.82, 2.24) is 9.78 Å². The van der Waals surface area contributed by atoms with Crippen molar-refractivity contribution in [3.05, 3.63) is 27.7 Å². The van der Waals surface area contributed by atoms with Gasteiger partial charge in [-0.3, -0.25) is 9.59 Å². The maximum atomic E-state index is 11.5. The molecule has 1 aromatic heterocycles. The average molecular weight is 196 g/mol. The smallest absolute Gasteiger partial charge is 0.310 e. The van der Waals surface area contributed by atoms with Crippen LogP contribution in [0.5, 0.6) is 0 Å². The molecule has 0 aliphatic carbocycles. The highest BCUT2D eigenvalue weighted by Gasteiger charge is 2.18. The first-order valence-electron chi connectivity index (χ1n) is 4.21. The molecule has 14 heavy (non-hydrogen) atoms. The van der Waals surface area contributed by atoms with Crippen LogP contribution in [-0.4, -0.2) is 20.9 Å². The fourth-order valence-corrected chi connectivity index (χ4v) is 1.23. The first kappa shape index (κ1) is 10.4. The fourth-order valence-electron chi connectivity index (χ4n) is 1.23. The number of hydrogen-bond donors (Lipinski definition) is 1. The zero-order valence-electron chi connectivity index (χ0n) is 8.31. The number of nitrogens with zero attached hydrogens (tertiary/aromatic N) is 2. The van der Waals surface area contributed by atoms with Crippen molar-refractivity contribution in [2.24, 2.45) is 7.05 Å². The molecule has 0 aliphatic heterocycles. The summed E-state index contributed by atoms with van der Waals surface area (Å²) >= 11 is 0. The van der Waals surface area contributed by atoms with E-state index in [1.807, 2.05) is 0 Å². The molecule has 0 bridgehead atoms. The van der Waals surface area contributed by atoms with Crippen LogP contribution in [0.4, 0.5) is 0 Å². The minimum atomic E-state index is -1.01. The second-order valence-electron chi connectivity index (χ2n) is 3.23. The van der Waals surface area contributed by atoms with Gasteiger partial charge < -0.3 is 5.11 Å². The molecule has 1 aromatic rings. The van der Waals surface area contributed by atoms with E-state index in [9.17, 15) is 9.59 Å². The number of carboxylic acids is 1. The molecular weight excluding hydrogens is 184 g/mol. The third-order valence-electron chi connectivity index (χ3n) is 2.05. The van der Waals surface area contributed by atoms with Gasteiger partial charge in [-0.05, 0) is 19.9 Å². The lowest BCUT2D eigenvalue weighted by atomic mass is 10.0. The summed E-state index contributed by atoms with van der Waals surface area (Å²) in [4.78, 5) is 22.2. The zero-order chi connectivity index (χ0) is 10.9. The van der Waals surface area contributed by atoms with Gasteiger partial charge in [0.25, 0.3) is 5.56 Å². The Morgan fingerprint density at radius 3 is 2.71 bits per heavy atom. The Hall–Kier alpha value is -1.65. The van der Waals surface area contributed by atoms with Gasteiger partial charge in [0.05, 0.1) is 11.6 Å². The molecule has 1 N–H and O–H groups in total. The SMILES string of the molecule is Cc1cc(C(C)C(=O)O)c(=O)n(C)n1.